The molecule has 26 heavy (non-hydrogen) atoms. The van der Waals surface area contributed by atoms with Crippen LogP contribution in [0.4, 0.5) is 0 Å². The number of benzene rings is 1. The monoisotopic (exact) mass is 358 g/mol. The van der Waals surface area contributed by atoms with Crippen LogP contribution >= 0.6 is 0 Å². The van der Waals surface area contributed by atoms with Gasteiger partial charge < -0.3 is 15.2 Å². The molecule has 1 aliphatic heterocycles. The standard InChI is InChI=1S/C22H34N2O2/c1-25-19-9-8-16(14-20(19)26-2)22-11-10-17(23)15-21(22)24(13-12-22)18-6-4-3-5-7-18/h8-9,14,17-18,21H,3-7,10-13,15,23H2,1-2H3/t17-,21+,22-/m0/s1. The molecule has 0 amide bonds. The summed E-state index contributed by atoms with van der Waals surface area (Å²) in [6.45, 7) is 1.22. The molecule has 1 aromatic rings. The van der Waals surface area contributed by atoms with Gasteiger partial charge in [-0.2, -0.15) is 0 Å². The highest BCUT2D eigenvalue weighted by molar-refractivity contribution is 5.46. The molecule has 0 aromatic heterocycles. The average Bonchev–Trinajstić information content (AvgIpc) is 3.08. The minimum atomic E-state index is 0.229. The first-order valence-corrected chi connectivity index (χ1v) is 10.4. The normalized spacial score (nSPS) is 33.0. The van der Waals surface area contributed by atoms with Crippen molar-refractivity contribution in [2.24, 2.45) is 5.73 Å². The third-order valence-corrected chi connectivity index (χ3v) is 7.34. The number of rotatable bonds is 4. The molecule has 2 saturated carbocycles. The van der Waals surface area contributed by atoms with Gasteiger partial charge in [-0.25, -0.2) is 0 Å². The van der Waals surface area contributed by atoms with Crippen LogP contribution in [-0.2, 0) is 5.41 Å². The van der Waals surface area contributed by atoms with Crippen molar-refractivity contribution in [1.82, 2.24) is 4.90 Å². The first-order valence-electron chi connectivity index (χ1n) is 10.4. The minimum absolute atomic E-state index is 0.229. The van der Waals surface area contributed by atoms with Crippen LogP contribution in [0.3, 0.4) is 0 Å². The lowest BCUT2D eigenvalue weighted by molar-refractivity contribution is 0.0865. The molecule has 2 aliphatic carbocycles. The highest BCUT2D eigenvalue weighted by Crippen LogP contribution is 2.51. The number of fused-ring (bicyclic) bond motifs is 1. The fraction of sp³-hybridized carbons (Fsp3) is 0.727. The van der Waals surface area contributed by atoms with Gasteiger partial charge in [-0.3, -0.25) is 4.90 Å². The molecule has 0 unspecified atom stereocenters. The third kappa shape index (κ3) is 3.01. The van der Waals surface area contributed by atoms with Crippen molar-refractivity contribution in [2.75, 3.05) is 20.8 Å². The maximum atomic E-state index is 6.45. The van der Waals surface area contributed by atoms with Crippen LogP contribution in [-0.4, -0.2) is 43.8 Å². The second-order valence-corrected chi connectivity index (χ2v) is 8.56. The second-order valence-electron chi connectivity index (χ2n) is 8.56. The Morgan fingerprint density at radius 3 is 2.50 bits per heavy atom. The molecule has 3 aliphatic rings. The van der Waals surface area contributed by atoms with Crippen LogP contribution in [0.1, 0.15) is 63.4 Å². The van der Waals surface area contributed by atoms with Crippen molar-refractivity contribution in [3.8, 4) is 11.5 Å². The molecule has 3 atom stereocenters. The molecule has 0 bridgehead atoms. The van der Waals surface area contributed by atoms with Gasteiger partial charge in [-0.05, 0) is 62.8 Å². The van der Waals surface area contributed by atoms with Crippen LogP contribution in [0, 0.1) is 0 Å². The van der Waals surface area contributed by atoms with Crippen molar-refractivity contribution in [3.05, 3.63) is 23.8 Å². The van der Waals surface area contributed by atoms with Gasteiger partial charge in [0.05, 0.1) is 14.2 Å². The number of likely N-dealkylation sites (tertiary alicyclic amines) is 1. The number of methoxy groups -OCH3 is 2. The molecular weight excluding hydrogens is 324 g/mol. The van der Waals surface area contributed by atoms with E-state index in [-0.39, 0.29) is 5.41 Å². The van der Waals surface area contributed by atoms with Gasteiger partial charge in [-0.15, -0.1) is 0 Å². The summed E-state index contributed by atoms with van der Waals surface area (Å²) in [7, 11) is 3.44. The van der Waals surface area contributed by atoms with Gasteiger partial charge in [0.1, 0.15) is 0 Å². The van der Waals surface area contributed by atoms with Gasteiger partial charge >= 0.3 is 0 Å². The largest absolute Gasteiger partial charge is 0.493 e. The summed E-state index contributed by atoms with van der Waals surface area (Å²) >= 11 is 0. The highest BCUT2D eigenvalue weighted by Gasteiger charge is 2.52. The van der Waals surface area contributed by atoms with E-state index in [0.717, 1.165) is 30.4 Å². The Labute approximate surface area is 158 Å². The van der Waals surface area contributed by atoms with E-state index < -0.39 is 0 Å². The Kier molecular flexibility index (Phi) is 5.15. The van der Waals surface area contributed by atoms with E-state index in [1.807, 2.05) is 0 Å². The fourth-order valence-electron chi connectivity index (χ4n) is 5.95. The minimum Gasteiger partial charge on any atom is -0.493 e. The lowest BCUT2D eigenvalue weighted by atomic mass is 9.65. The molecule has 1 saturated heterocycles. The molecule has 4 rings (SSSR count). The van der Waals surface area contributed by atoms with Gasteiger partial charge in [0.25, 0.3) is 0 Å². The van der Waals surface area contributed by atoms with Gasteiger partial charge in [-0.1, -0.05) is 25.3 Å². The molecule has 1 aromatic carbocycles. The van der Waals surface area contributed by atoms with Crippen molar-refractivity contribution in [2.45, 2.75) is 81.3 Å². The van der Waals surface area contributed by atoms with Crippen LogP contribution in [0.2, 0.25) is 0 Å². The van der Waals surface area contributed by atoms with Crippen molar-refractivity contribution < 1.29 is 9.47 Å². The summed E-state index contributed by atoms with van der Waals surface area (Å²) in [5.74, 6) is 1.67. The molecule has 4 heteroatoms. The third-order valence-electron chi connectivity index (χ3n) is 7.34. The number of nitrogens with zero attached hydrogens (tertiary/aromatic N) is 1. The lowest BCUT2D eigenvalue weighted by Gasteiger charge is -2.47. The Morgan fingerprint density at radius 1 is 1.00 bits per heavy atom. The smallest absolute Gasteiger partial charge is 0.161 e. The molecular formula is C22H34N2O2. The maximum absolute atomic E-state index is 6.45. The average molecular weight is 359 g/mol. The lowest BCUT2D eigenvalue weighted by Crippen LogP contribution is -2.53. The summed E-state index contributed by atoms with van der Waals surface area (Å²) in [5.41, 5.74) is 8.10. The summed E-state index contributed by atoms with van der Waals surface area (Å²) < 4.78 is 11.1. The topological polar surface area (TPSA) is 47.7 Å². The Balaban J connectivity index is 1.68. The van der Waals surface area contributed by atoms with Crippen molar-refractivity contribution in [1.29, 1.82) is 0 Å². The second kappa shape index (κ2) is 7.40. The Morgan fingerprint density at radius 2 is 1.77 bits per heavy atom. The van der Waals surface area contributed by atoms with E-state index in [1.165, 1.54) is 57.1 Å². The first-order chi connectivity index (χ1) is 12.7. The van der Waals surface area contributed by atoms with Crippen molar-refractivity contribution in [3.63, 3.8) is 0 Å². The summed E-state index contributed by atoms with van der Waals surface area (Å²) in [5, 5.41) is 0. The number of hydrogen-bond acceptors (Lipinski definition) is 4. The zero-order chi connectivity index (χ0) is 18.1. The Hall–Kier alpha value is -1.26. The van der Waals surface area contributed by atoms with Crippen LogP contribution in [0.5, 0.6) is 11.5 Å². The molecule has 1 heterocycles. The fourth-order valence-corrected chi connectivity index (χ4v) is 5.95. The molecule has 0 radical (unpaired) electrons. The van der Waals surface area contributed by atoms with E-state index in [1.54, 1.807) is 14.2 Å². The predicted molar refractivity (Wildman–Crippen MR) is 105 cm³/mol. The van der Waals surface area contributed by atoms with Crippen LogP contribution < -0.4 is 15.2 Å². The Bertz CT molecular complexity index is 629. The summed E-state index contributed by atoms with van der Waals surface area (Å²) in [6.07, 6.45) is 11.6. The summed E-state index contributed by atoms with van der Waals surface area (Å²) in [4.78, 5) is 2.84. The SMILES string of the molecule is COc1ccc([C@@]23CC[C@H](N)C[C@H]2N(C2CCCCC2)CC3)cc1OC. The zero-order valence-corrected chi connectivity index (χ0v) is 16.4. The number of hydrogen-bond donors (Lipinski definition) is 1. The van der Waals surface area contributed by atoms with E-state index in [2.05, 4.69) is 23.1 Å². The molecule has 3 fully saturated rings. The van der Waals surface area contributed by atoms with Gasteiger partial charge in [0.2, 0.25) is 0 Å². The van der Waals surface area contributed by atoms with E-state index >= 15 is 0 Å². The van der Waals surface area contributed by atoms with Gasteiger partial charge in [0, 0.05) is 23.5 Å². The quantitative estimate of drug-likeness (QED) is 0.888. The zero-order valence-electron chi connectivity index (χ0n) is 16.4. The van der Waals surface area contributed by atoms with Crippen molar-refractivity contribution >= 4 is 0 Å². The van der Waals surface area contributed by atoms with E-state index in [9.17, 15) is 0 Å². The maximum Gasteiger partial charge on any atom is 0.161 e. The molecule has 144 valence electrons. The van der Waals surface area contributed by atoms with Crippen LogP contribution in [0.25, 0.3) is 0 Å². The number of ether oxygens (including phenoxy) is 2. The predicted octanol–water partition coefficient (Wildman–Crippen LogP) is 3.86. The molecule has 4 nitrogen and oxygen atoms in total. The first kappa shape index (κ1) is 18.1. The van der Waals surface area contributed by atoms with E-state index in [4.69, 9.17) is 15.2 Å². The summed E-state index contributed by atoms with van der Waals surface area (Å²) in [6, 6.07) is 8.27. The highest BCUT2D eigenvalue weighted by atomic mass is 16.5. The molecule has 0 spiro atoms. The van der Waals surface area contributed by atoms with E-state index in [0.29, 0.717) is 12.1 Å². The van der Waals surface area contributed by atoms with Crippen LogP contribution in [0.15, 0.2) is 18.2 Å². The molecule has 2 N–H and O–H groups in total. The number of nitrogens with two attached hydrogens (primary N) is 1. The van der Waals surface area contributed by atoms with Gasteiger partial charge in [0.15, 0.2) is 11.5 Å².